The summed E-state index contributed by atoms with van der Waals surface area (Å²) in [6.07, 6.45) is 1.29. The van der Waals surface area contributed by atoms with Gasteiger partial charge in [0.2, 0.25) is 0 Å². The van der Waals surface area contributed by atoms with Gasteiger partial charge in [0, 0.05) is 23.6 Å². The van der Waals surface area contributed by atoms with E-state index >= 15 is 0 Å². The highest BCUT2D eigenvalue weighted by atomic mass is 32.2. The predicted molar refractivity (Wildman–Crippen MR) is 76.9 cm³/mol. The van der Waals surface area contributed by atoms with Crippen molar-refractivity contribution >= 4 is 16.8 Å². The minimum Gasteiger partial charge on any atom is -0.478 e. The average molecular weight is 292 g/mol. The molecule has 106 valence electrons. The Morgan fingerprint density at radius 3 is 2.70 bits per heavy atom. The first-order chi connectivity index (χ1) is 9.49. The van der Waals surface area contributed by atoms with Gasteiger partial charge in [0.25, 0.3) is 0 Å². The Bertz CT molecular complexity index is 664. The van der Waals surface area contributed by atoms with E-state index in [4.69, 9.17) is 5.11 Å². The molecule has 1 atom stereocenters. The molecule has 2 rings (SSSR count). The predicted octanol–water partition coefficient (Wildman–Crippen LogP) is 1.88. The number of rotatable bonds is 5. The molecule has 0 saturated carbocycles. The summed E-state index contributed by atoms with van der Waals surface area (Å²) < 4.78 is 13.7. The van der Waals surface area contributed by atoms with E-state index in [1.165, 1.54) is 10.9 Å². The minimum atomic E-state index is -1.17. The van der Waals surface area contributed by atoms with Crippen LogP contribution in [-0.2, 0) is 29.4 Å². The van der Waals surface area contributed by atoms with Crippen LogP contribution in [0.2, 0.25) is 0 Å². The molecular weight excluding hydrogens is 276 g/mol. The molecule has 0 aliphatic carbocycles. The molecule has 0 radical (unpaired) electrons. The van der Waals surface area contributed by atoms with Crippen molar-refractivity contribution in [2.24, 2.45) is 7.05 Å². The van der Waals surface area contributed by atoms with Crippen molar-refractivity contribution in [3.05, 3.63) is 52.8 Å². The van der Waals surface area contributed by atoms with E-state index in [0.29, 0.717) is 11.4 Å². The number of aromatic nitrogens is 2. The summed E-state index contributed by atoms with van der Waals surface area (Å²) in [5.41, 5.74) is 2.71. The maximum atomic E-state index is 12.2. The van der Waals surface area contributed by atoms with Crippen molar-refractivity contribution in [1.29, 1.82) is 0 Å². The highest BCUT2D eigenvalue weighted by Gasteiger charge is 2.17. The van der Waals surface area contributed by atoms with Gasteiger partial charge in [-0.25, -0.2) is 4.79 Å². The topological polar surface area (TPSA) is 72.2 Å². The van der Waals surface area contributed by atoms with Gasteiger partial charge in [-0.1, -0.05) is 24.3 Å². The lowest BCUT2D eigenvalue weighted by Crippen LogP contribution is -2.09. The van der Waals surface area contributed by atoms with Gasteiger partial charge in [-0.05, 0) is 18.1 Å². The van der Waals surface area contributed by atoms with Crippen molar-refractivity contribution in [3.63, 3.8) is 0 Å². The highest BCUT2D eigenvalue weighted by molar-refractivity contribution is 7.83. The Hall–Kier alpha value is -1.95. The van der Waals surface area contributed by atoms with E-state index in [1.807, 2.05) is 31.2 Å². The fourth-order valence-corrected chi connectivity index (χ4v) is 3.38. The zero-order valence-corrected chi connectivity index (χ0v) is 12.2. The van der Waals surface area contributed by atoms with Crippen molar-refractivity contribution in [2.75, 3.05) is 0 Å². The maximum absolute atomic E-state index is 12.2. The standard InChI is InChI=1S/C14H16N2O3S/c1-10-5-3-4-6-11(10)8-20(19)9-13-12(14(17)18)7-15-16(13)2/h3-7H,8-9H2,1-2H3,(H,17,18). The fourth-order valence-electron chi connectivity index (χ4n) is 1.96. The molecule has 6 heteroatoms. The molecule has 2 aromatic rings. The first-order valence-corrected chi connectivity index (χ1v) is 7.61. The smallest absolute Gasteiger partial charge is 0.339 e. The molecule has 1 aromatic heterocycles. The second-order valence-corrected chi connectivity index (χ2v) is 6.05. The Morgan fingerprint density at radius 1 is 1.35 bits per heavy atom. The van der Waals surface area contributed by atoms with Crippen LogP contribution in [0.15, 0.2) is 30.5 Å². The van der Waals surface area contributed by atoms with Crippen molar-refractivity contribution in [2.45, 2.75) is 18.4 Å². The Labute approximate surface area is 119 Å². The van der Waals surface area contributed by atoms with Crippen LogP contribution in [0.5, 0.6) is 0 Å². The minimum absolute atomic E-state index is 0.116. The lowest BCUT2D eigenvalue weighted by molar-refractivity contribution is 0.0696. The summed E-state index contributed by atoms with van der Waals surface area (Å²) in [7, 11) is 0.488. The summed E-state index contributed by atoms with van der Waals surface area (Å²) in [6.45, 7) is 1.97. The zero-order chi connectivity index (χ0) is 14.7. The molecule has 1 N–H and O–H groups in total. The lowest BCUT2D eigenvalue weighted by atomic mass is 10.1. The van der Waals surface area contributed by atoms with Crippen LogP contribution < -0.4 is 0 Å². The van der Waals surface area contributed by atoms with Crippen LogP contribution >= 0.6 is 0 Å². The van der Waals surface area contributed by atoms with Crippen molar-refractivity contribution < 1.29 is 14.1 Å². The second kappa shape index (κ2) is 6.00. The average Bonchev–Trinajstić information content (AvgIpc) is 2.74. The number of aromatic carboxylic acids is 1. The van der Waals surface area contributed by atoms with E-state index in [9.17, 15) is 9.00 Å². The van der Waals surface area contributed by atoms with E-state index in [-0.39, 0.29) is 11.3 Å². The van der Waals surface area contributed by atoms with Crippen molar-refractivity contribution in [3.8, 4) is 0 Å². The van der Waals surface area contributed by atoms with Gasteiger partial charge in [-0.3, -0.25) is 8.89 Å². The highest BCUT2D eigenvalue weighted by Crippen LogP contribution is 2.15. The van der Waals surface area contributed by atoms with Crippen LogP contribution in [0.3, 0.4) is 0 Å². The van der Waals surface area contributed by atoms with E-state index < -0.39 is 16.8 Å². The first-order valence-electron chi connectivity index (χ1n) is 6.12. The molecule has 0 aliphatic heterocycles. The van der Waals surface area contributed by atoms with Crippen molar-refractivity contribution in [1.82, 2.24) is 9.78 Å². The summed E-state index contributed by atoms with van der Waals surface area (Å²) in [5.74, 6) is -0.440. The van der Waals surface area contributed by atoms with Crippen LogP contribution in [0, 0.1) is 6.92 Å². The van der Waals surface area contributed by atoms with E-state index in [1.54, 1.807) is 7.05 Å². The Balaban J connectivity index is 2.15. The Morgan fingerprint density at radius 2 is 2.05 bits per heavy atom. The van der Waals surface area contributed by atoms with Gasteiger partial charge in [-0.2, -0.15) is 5.10 Å². The molecule has 0 aliphatic rings. The van der Waals surface area contributed by atoms with Crippen LogP contribution in [0.1, 0.15) is 27.2 Å². The summed E-state index contributed by atoms with van der Waals surface area (Å²) in [4.78, 5) is 11.1. The second-order valence-electron chi connectivity index (χ2n) is 4.59. The van der Waals surface area contributed by atoms with Gasteiger partial charge >= 0.3 is 5.97 Å². The lowest BCUT2D eigenvalue weighted by Gasteiger charge is -2.07. The van der Waals surface area contributed by atoms with Crippen LogP contribution in [-0.4, -0.2) is 25.1 Å². The molecule has 1 aromatic carbocycles. The number of carbonyl (C=O) groups is 1. The molecule has 0 spiro atoms. The van der Waals surface area contributed by atoms with Gasteiger partial charge in [0.1, 0.15) is 5.56 Å². The molecule has 1 unspecified atom stereocenters. The number of benzene rings is 1. The normalized spacial score (nSPS) is 12.3. The van der Waals surface area contributed by atoms with Gasteiger partial charge in [-0.15, -0.1) is 0 Å². The van der Waals surface area contributed by atoms with Crippen LogP contribution in [0.25, 0.3) is 0 Å². The molecule has 5 nitrogen and oxygen atoms in total. The maximum Gasteiger partial charge on any atom is 0.339 e. The molecule has 1 heterocycles. The fraction of sp³-hybridized carbons (Fsp3) is 0.286. The third-order valence-corrected chi connectivity index (χ3v) is 4.40. The number of carboxylic acid groups (broad SMARTS) is 1. The number of hydrogen-bond acceptors (Lipinski definition) is 3. The van der Waals surface area contributed by atoms with E-state index in [0.717, 1.165) is 11.1 Å². The summed E-state index contributed by atoms with van der Waals surface area (Å²) in [5, 5.41) is 13.0. The number of hydrogen-bond donors (Lipinski definition) is 1. The molecule has 0 saturated heterocycles. The quantitative estimate of drug-likeness (QED) is 0.913. The third kappa shape index (κ3) is 3.14. The number of nitrogens with zero attached hydrogens (tertiary/aromatic N) is 2. The molecule has 0 amide bonds. The number of aryl methyl sites for hydroxylation is 2. The van der Waals surface area contributed by atoms with Gasteiger partial charge in [0.15, 0.2) is 0 Å². The first kappa shape index (κ1) is 14.5. The van der Waals surface area contributed by atoms with Gasteiger partial charge < -0.3 is 5.11 Å². The molecule has 0 bridgehead atoms. The monoisotopic (exact) mass is 292 g/mol. The zero-order valence-electron chi connectivity index (χ0n) is 11.4. The SMILES string of the molecule is Cc1ccccc1CS(=O)Cc1c(C(=O)O)cnn1C. The van der Waals surface area contributed by atoms with Gasteiger partial charge in [0.05, 0.1) is 17.6 Å². The molecule has 0 fully saturated rings. The molecule has 20 heavy (non-hydrogen) atoms. The Kier molecular flexibility index (Phi) is 4.34. The van der Waals surface area contributed by atoms with Crippen LogP contribution in [0.4, 0.5) is 0 Å². The largest absolute Gasteiger partial charge is 0.478 e. The summed E-state index contributed by atoms with van der Waals surface area (Å²) >= 11 is 0. The third-order valence-electron chi connectivity index (χ3n) is 3.17. The molecular formula is C14H16N2O3S. The van der Waals surface area contributed by atoms with E-state index in [2.05, 4.69) is 5.10 Å². The summed E-state index contributed by atoms with van der Waals surface area (Å²) in [6, 6.07) is 7.76. The number of carboxylic acids is 1.